The fourth-order valence-electron chi connectivity index (χ4n) is 3.95. The first-order chi connectivity index (χ1) is 11.7. The highest BCUT2D eigenvalue weighted by Crippen LogP contribution is 2.52. The summed E-state index contributed by atoms with van der Waals surface area (Å²) in [6.07, 6.45) is 0.0935. The average Bonchev–Trinajstić information content (AvgIpc) is 2.61. The minimum Gasteiger partial charge on any atom is -0.485 e. The molecule has 0 spiro atoms. The average molecular weight is 314 g/mol. The van der Waals surface area contributed by atoms with Crippen LogP contribution in [0.2, 0.25) is 0 Å². The van der Waals surface area contributed by atoms with Gasteiger partial charge in [0.25, 0.3) is 0 Å². The summed E-state index contributed by atoms with van der Waals surface area (Å²) in [6.45, 7) is 4.24. The third kappa shape index (κ3) is 1.77. The van der Waals surface area contributed by atoms with E-state index in [-0.39, 0.29) is 12.2 Å². The molecule has 0 aliphatic carbocycles. The van der Waals surface area contributed by atoms with Crippen LogP contribution in [0.1, 0.15) is 37.2 Å². The Kier molecular flexibility index (Phi) is 2.78. The van der Waals surface area contributed by atoms with Crippen LogP contribution in [0.4, 0.5) is 0 Å². The second-order valence-corrected chi connectivity index (χ2v) is 6.51. The Labute approximate surface area is 141 Å². The van der Waals surface area contributed by atoms with Crippen molar-refractivity contribution >= 4 is 0 Å². The van der Waals surface area contributed by atoms with Crippen molar-refractivity contribution in [3.05, 3.63) is 71.8 Å². The number of benzene rings is 3. The first-order valence-corrected chi connectivity index (χ1v) is 8.43. The molecule has 3 aromatic carbocycles. The molecule has 0 N–H and O–H groups in total. The van der Waals surface area contributed by atoms with Crippen LogP contribution in [0.3, 0.4) is 0 Å². The van der Waals surface area contributed by atoms with Crippen LogP contribution in [-0.2, 0) is 0 Å². The van der Waals surface area contributed by atoms with Gasteiger partial charge in [0.2, 0.25) is 0 Å². The first-order valence-electron chi connectivity index (χ1n) is 8.43. The predicted molar refractivity (Wildman–Crippen MR) is 95.4 cm³/mol. The lowest BCUT2D eigenvalue weighted by Crippen LogP contribution is -2.16. The van der Waals surface area contributed by atoms with E-state index >= 15 is 0 Å². The second-order valence-electron chi connectivity index (χ2n) is 6.51. The van der Waals surface area contributed by atoms with Crippen molar-refractivity contribution in [2.45, 2.75) is 26.1 Å². The van der Waals surface area contributed by atoms with Crippen molar-refractivity contribution < 1.29 is 9.47 Å². The molecule has 0 aromatic heterocycles. The molecule has 0 bridgehead atoms. The summed E-state index contributed by atoms with van der Waals surface area (Å²) in [4.78, 5) is 0. The van der Waals surface area contributed by atoms with Gasteiger partial charge in [-0.1, -0.05) is 48.5 Å². The number of fused-ring (bicyclic) bond motifs is 7. The highest BCUT2D eigenvalue weighted by molar-refractivity contribution is 5.94. The quantitative estimate of drug-likeness (QED) is 0.512. The zero-order valence-corrected chi connectivity index (χ0v) is 13.7. The maximum absolute atomic E-state index is 6.13. The third-order valence-corrected chi connectivity index (χ3v) is 5.07. The third-order valence-electron chi connectivity index (χ3n) is 5.07. The van der Waals surface area contributed by atoms with Gasteiger partial charge in [0.1, 0.15) is 23.7 Å². The molecule has 0 radical (unpaired) electrons. The Hall–Kier alpha value is -2.74. The standard InChI is InChI=1S/C22H18O2/c1-13-15-11-12-16-14(2)24-20-10-6-4-8-18(20)22(16)21(15)17-7-3-5-9-19(17)23-13/h3-14H,1-2H3/t13-,14-/m1/s1. The maximum Gasteiger partial charge on any atom is 0.128 e. The topological polar surface area (TPSA) is 18.5 Å². The molecular formula is C22H18O2. The van der Waals surface area contributed by atoms with Crippen molar-refractivity contribution in [2.75, 3.05) is 0 Å². The lowest BCUT2D eigenvalue weighted by Gasteiger charge is -2.33. The first kappa shape index (κ1) is 13.7. The fraction of sp³-hybridized carbons (Fsp3) is 0.182. The van der Waals surface area contributed by atoms with E-state index in [1.807, 2.05) is 12.1 Å². The van der Waals surface area contributed by atoms with E-state index in [4.69, 9.17) is 9.47 Å². The van der Waals surface area contributed by atoms with E-state index < -0.39 is 0 Å². The molecule has 5 rings (SSSR count). The van der Waals surface area contributed by atoms with Crippen LogP contribution in [0.25, 0.3) is 22.3 Å². The molecule has 2 nitrogen and oxygen atoms in total. The number of hydrogen-bond donors (Lipinski definition) is 0. The summed E-state index contributed by atoms with van der Waals surface area (Å²) < 4.78 is 12.3. The molecule has 2 aliphatic heterocycles. The number of rotatable bonds is 0. The maximum atomic E-state index is 6.13. The summed E-state index contributed by atoms with van der Waals surface area (Å²) in [5, 5.41) is 0. The van der Waals surface area contributed by atoms with Gasteiger partial charge in [-0.25, -0.2) is 0 Å². The van der Waals surface area contributed by atoms with E-state index in [0.717, 1.165) is 11.5 Å². The van der Waals surface area contributed by atoms with Gasteiger partial charge in [0, 0.05) is 33.4 Å². The molecular weight excluding hydrogens is 296 g/mol. The fourth-order valence-corrected chi connectivity index (χ4v) is 3.95. The second kappa shape index (κ2) is 4.88. The Morgan fingerprint density at radius 2 is 1.00 bits per heavy atom. The minimum atomic E-state index is 0.0468. The summed E-state index contributed by atoms with van der Waals surface area (Å²) in [5.74, 6) is 1.92. The van der Waals surface area contributed by atoms with Gasteiger partial charge in [0.15, 0.2) is 0 Å². The van der Waals surface area contributed by atoms with Gasteiger partial charge in [-0.05, 0) is 26.0 Å². The normalized spacial score (nSPS) is 19.9. The smallest absolute Gasteiger partial charge is 0.128 e. The lowest BCUT2D eigenvalue weighted by molar-refractivity contribution is 0.218. The van der Waals surface area contributed by atoms with Crippen molar-refractivity contribution in [1.29, 1.82) is 0 Å². The van der Waals surface area contributed by atoms with E-state index in [9.17, 15) is 0 Å². The largest absolute Gasteiger partial charge is 0.485 e. The van der Waals surface area contributed by atoms with Crippen LogP contribution >= 0.6 is 0 Å². The summed E-state index contributed by atoms with van der Waals surface area (Å²) in [7, 11) is 0. The molecule has 0 fully saturated rings. The van der Waals surface area contributed by atoms with Gasteiger partial charge in [-0.15, -0.1) is 0 Å². The minimum absolute atomic E-state index is 0.0468. The van der Waals surface area contributed by atoms with E-state index in [2.05, 4.69) is 62.4 Å². The SMILES string of the molecule is C[C@H]1Oc2ccccc2-c2c1ccc1c2-c2ccccc2O[C@@H]1C. The van der Waals surface area contributed by atoms with Crippen LogP contribution in [0.5, 0.6) is 11.5 Å². The molecule has 0 saturated heterocycles. The molecule has 24 heavy (non-hydrogen) atoms. The molecule has 0 unspecified atom stereocenters. The molecule has 3 aromatic rings. The van der Waals surface area contributed by atoms with Crippen molar-refractivity contribution in [3.63, 3.8) is 0 Å². The lowest BCUT2D eigenvalue weighted by atomic mass is 9.81. The van der Waals surface area contributed by atoms with Crippen molar-refractivity contribution in [3.8, 4) is 33.8 Å². The zero-order valence-electron chi connectivity index (χ0n) is 13.7. The van der Waals surface area contributed by atoms with E-state index in [1.165, 1.54) is 33.4 Å². The van der Waals surface area contributed by atoms with Gasteiger partial charge in [-0.2, -0.15) is 0 Å². The Bertz CT molecular complexity index is 879. The van der Waals surface area contributed by atoms with Gasteiger partial charge < -0.3 is 9.47 Å². The molecule has 2 heterocycles. The molecule has 2 heteroatoms. The van der Waals surface area contributed by atoms with Crippen LogP contribution in [0.15, 0.2) is 60.7 Å². The summed E-state index contributed by atoms with van der Waals surface area (Å²) >= 11 is 0. The summed E-state index contributed by atoms with van der Waals surface area (Å²) in [6, 6.07) is 21.0. The number of hydrogen-bond acceptors (Lipinski definition) is 2. The van der Waals surface area contributed by atoms with Crippen molar-refractivity contribution in [1.82, 2.24) is 0 Å². The van der Waals surface area contributed by atoms with Gasteiger partial charge in [-0.3, -0.25) is 0 Å². The molecule has 0 amide bonds. The van der Waals surface area contributed by atoms with Crippen LogP contribution in [0, 0.1) is 0 Å². The van der Waals surface area contributed by atoms with Crippen molar-refractivity contribution in [2.24, 2.45) is 0 Å². The monoisotopic (exact) mass is 314 g/mol. The molecule has 2 aliphatic rings. The van der Waals surface area contributed by atoms with Crippen LogP contribution < -0.4 is 9.47 Å². The Morgan fingerprint density at radius 1 is 0.583 bits per heavy atom. The van der Waals surface area contributed by atoms with Crippen LogP contribution in [-0.4, -0.2) is 0 Å². The van der Waals surface area contributed by atoms with E-state index in [0.29, 0.717) is 0 Å². The molecule has 0 saturated carbocycles. The number of ether oxygens (including phenoxy) is 2. The highest BCUT2D eigenvalue weighted by atomic mass is 16.5. The van der Waals surface area contributed by atoms with E-state index in [1.54, 1.807) is 0 Å². The Morgan fingerprint density at radius 3 is 1.46 bits per heavy atom. The zero-order chi connectivity index (χ0) is 16.3. The molecule has 118 valence electrons. The Balaban J connectivity index is 1.91. The predicted octanol–water partition coefficient (Wildman–Crippen LogP) is 5.93. The van der Waals surface area contributed by atoms with Gasteiger partial charge in [0.05, 0.1) is 0 Å². The number of para-hydroxylation sites is 2. The highest BCUT2D eigenvalue weighted by Gasteiger charge is 2.32. The summed E-state index contributed by atoms with van der Waals surface area (Å²) in [5.41, 5.74) is 7.43. The molecule has 2 atom stereocenters. The van der Waals surface area contributed by atoms with Gasteiger partial charge >= 0.3 is 0 Å².